The zero-order valence-corrected chi connectivity index (χ0v) is 9.53. The van der Waals surface area contributed by atoms with Crippen molar-refractivity contribution in [3.63, 3.8) is 0 Å². The van der Waals surface area contributed by atoms with E-state index in [1.807, 2.05) is 6.92 Å². The van der Waals surface area contributed by atoms with Crippen molar-refractivity contribution in [3.8, 4) is 0 Å². The molecule has 0 aromatic carbocycles. The number of hydrogen-bond acceptors (Lipinski definition) is 3. The Hall–Kier alpha value is -0.960. The van der Waals surface area contributed by atoms with Crippen LogP contribution in [0.5, 0.6) is 0 Å². The average Bonchev–Trinajstić information content (AvgIpc) is 3.00. The van der Waals surface area contributed by atoms with Crippen molar-refractivity contribution in [1.29, 1.82) is 0 Å². The van der Waals surface area contributed by atoms with Crippen LogP contribution in [-0.2, 0) is 0 Å². The minimum atomic E-state index is 0.00685. The molecule has 1 aliphatic rings. The monoisotopic (exact) mass is 205 g/mol. The molecule has 1 aromatic rings. The molecule has 0 bridgehead atoms. The van der Waals surface area contributed by atoms with E-state index in [0.29, 0.717) is 5.92 Å². The van der Waals surface area contributed by atoms with Gasteiger partial charge in [-0.05, 0) is 32.3 Å². The van der Waals surface area contributed by atoms with Crippen LogP contribution in [0.15, 0.2) is 6.07 Å². The third kappa shape index (κ3) is 2.53. The Labute approximate surface area is 91.1 Å². The number of aromatic nitrogens is 2. The van der Waals surface area contributed by atoms with Crippen LogP contribution in [0.25, 0.3) is 0 Å². The van der Waals surface area contributed by atoms with Gasteiger partial charge in [-0.1, -0.05) is 13.3 Å². The van der Waals surface area contributed by atoms with Crippen LogP contribution < -0.4 is 5.73 Å². The summed E-state index contributed by atoms with van der Waals surface area (Å²) in [5, 5.41) is 0. The topological polar surface area (TPSA) is 51.8 Å². The van der Waals surface area contributed by atoms with Crippen LogP contribution >= 0.6 is 0 Å². The van der Waals surface area contributed by atoms with Crippen molar-refractivity contribution in [3.05, 3.63) is 23.3 Å². The number of hydrogen-bond donors (Lipinski definition) is 1. The van der Waals surface area contributed by atoms with E-state index in [1.165, 1.54) is 18.5 Å². The standard InChI is InChI=1S/C12H19N3/c1-3-4-10(13)12-14-8(2)7-11(15-12)9-5-6-9/h7,9-10H,3-6,13H2,1-2H3. The lowest BCUT2D eigenvalue weighted by molar-refractivity contribution is 0.595. The van der Waals surface area contributed by atoms with E-state index >= 15 is 0 Å². The molecule has 1 aliphatic carbocycles. The van der Waals surface area contributed by atoms with E-state index in [0.717, 1.165) is 24.4 Å². The second kappa shape index (κ2) is 4.27. The highest BCUT2D eigenvalue weighted by molar-refractivity contribution is 5.19. The Morgan fingerprint density at radius 1 is 1.47 bits per heavy atom. The highest BCUT2D eigenvalue weighted by Gasteiger charge is 2.26. The van der Waals surface area contributed by atoms with Crippen molar-refractivity contribution in [2.75, 3.05) is 0 Å². The first-order valence-corrected chi connectivity index (χ1v) is 5.81. The fraction of sp³-hybridized carbons (Fsp3) is 0.667. The Morgan fingerprint density at radius 2 is 2.20 bits per heavy atom. The molecule has 1 atom stereocenters. The van der Waals surface area contributed by atoms with Gasteiger partial charge in [0.25, 0.3) is 0 Å². The predicted octanol–water partition coefficient (Wildman–Crippen LogP) is 2.46. The van der Waals surface area contributed by atoms with Gasteiger partial charge in [0.05, 0.1) is 6.04 Å². The van der Waals surface area contributed by atoms with Gasteiger partial charge in [-0.25, -0.2) is 9.97 Å². The second-order valence-electron chi connectivity index (χ2n) is 4.46. The van der Waals surface area contributed by atoms with Crippen LogP contribution in [0.3, 0.4) is 0 Å². The highest BCUT2D eigenvalue weighted by atomic mass is 14.9. The summed E-state index contributed by atoms with van der Waals surface area (Å²) in [7, 11) is 0. The van der Waals surface area contributed by atoms with Crippen LogP contribution in [0.1, 0.15) is 61.8 Å². The summed E-state index contributed by atoms with van der Waals surface area (Å²) in [6, 6.07) is 2.10. The number of nitrogens with two attached hydrogens (primary N) is 1. The van der Waals surface area contributed by atoms with E-state index < -0.39 is 0 Å². The normalized spacial score (nSPS) is 17.8. The maximum atomic E-state index is 6.04. The molecule has 2 N–H and O–H groups in total. The molecule has 3 heteroatoms. The number of rotatable bonds is 4. The first-order chi connectivity index (χ1) is 7.20. The summed E-state index contributed by atoms with van der Waals surface area (Å²) in [6.07, 6.45) is 4.60. The minimum absolute atomic E-state index is 0.00685. The molecule has 1 fully saturated rings. The molecule has 3 nitrogen and oxygen atoms in total. The zero-order chi connectivity index (χ0) is 10.8. The molecule has 0 aliphatic heterocycles. The lowest BCUT2D eigenvalue weighted by Gasteiger charge is -2.11. The molecule has 0 saturated heterocycles. The van der Waals surface area contributed by atoms with Gasteiger partial charge in [0, 0.05) is 17.3 Å². The van der Waals surface area contributed by atoms with Crippen molar-refractivity contribution in [2.45, 2.75) is 51.5 Å². The van der Waals surface area contributed by atoms with Gasteiger partial charge in [-0.3, -0.25) is 0 Å². The van der Waals surface area contributed by atoms with Gasteiger partial charge in [0.2, 0.25) is 0 Å². The number of aryl methyl sites for hydroxylation is 1. The Balaban J connectivity index is 2.22. The largest absolute Gasteiger partial charge is 0.321 e. The molecule has 0 spiro atoms. The van der Waals surface area contributed by atoms with E-state index in [4.69, 9.17) is 5.73 Å². The SMILES string of the molecule is CCCC(N)c1nc(C)cc(C2CC2)n1. The Kier molecular flexibility index (Phi) is 3.00. The predicted molar refractivity (Wildman–Crippen MR) is 60.6 cm³/mol. The van der Waals surface area contributed by atoms with Crippen molar-refractivity contribution >= 4 is 0 Å². The lowest BCUT2D eigenvalue weighted by atomic mass is 10.1. The van der Waals surface area contributed by atoms with E-state index in [2.05, 4.69) is 23.0 Å². The molecule has 1 aromatic heterocycles. The third-order valence-corrected chi connectivity index (χ3v) is 2.82. The summed E-state index contributed by atoms with van der Waals surface area (Å²) in [6.45, 7) is 4.16. The Morgan fingerprint density at radius 3 is 2.80 bits per heavy atom. The quantitative estimate of drug-likeness (QED) is 0.821. The van der Waals surface area contributed by atoms with Crippen LogP contribution in [0.2, 0.25) is 0 Å². The lowest BCUT2D eigenvalue weighted by Crippen LogP contribution is -2.15. The van der Waals surface area contributed by atoms with Gasteiger partial charge in [-0.2, -0.15) is 0 Å². The molecule has 1 unspecified atom stereocenters. The summed E-state index contributed by atoms with van der Waals surface area (Å²) >= 11 is 0. The highest BCUT2D eigenvalue weighted by Crippen LogP contribution is 2.39. The summed E-state index contributed by atoms with van der Waals surface area (Å²) in [5.41, 5.74) is 8.29. The summed E-state index contributed by atoms with van der Waals surface area (Å²) in [5.74, 6) is 1.51. The fourth-order valence-electron chi connectivity index (χ4n) is 1.81. The first-order valence-electron chi connectivity index (χ1n) is 5.81. The van der Waals surface area contributed by atoms with Gasteiger partial charge in [0.1, 0.15) is 5.82 Å². The van der Waals surface area contributed by atoms with Gasteiger partial charge < -0.3 is 5.73 Å². The maximum absolute atomic E-state index is 6.04. The van der Waals surface area contributed by atoms with Crippen LogP contribution in [0, 0.1) is 6.92 Å². The maximum Gasteiger partial charge on any atom is 0.145 e. The molecular formula is C12H19N3. The van der Waals surface area contributed by atoms with Crippen LogP contribution in [-0.4, -0.2) is 9.97 Å². The molecule has 1 saturated carbocycles. The second-order valence-corrected chi connectivity index (χ2v) is 4.46. The van der Waals surface area contributed by atoms with Crippen molar-refractivity contribution in [1.82, 2.24) is 9.97 Å². The fourth-order valence-corrected chi connectivity index (χ4v) is 1.81. The third-order valence-electron chi connectivity index (χ3n) is 2.82. The smallest absolute Gasteiger partial charge is 0.145 e. The van der Waals surface area contributed by atoms with E-state index in [1.54, 1.807) is 0 Å². The van der Waals surface area contributed by atoms with Gasteiger partial charge in [0.15, 0.2) is 0 Å². The molecular weight excluding hydrogens is 186 g/mol. The van der Waals surface area contributed by atoms with E-state index in [9.17, 15) is 0 Å². The first kappa shape index (κ1) is 10.6. The van der Waals surface area contributed by atoms with Crippen molar-refractivity contribution < 1.29 is 0 Å². The zero-order valence-electron chi connectivity index (χ0n) is 9.53. The average molecular weight is 205 g/mol. The molecule has 15 heavy (non-hydrogen) atoms. The number of nitrogens with zero attached hydrogens (tertiary/aromatic N) is 2. The summed E-state index contributed by atoms with van der Waals surface area (Å²) in [4.78, 5) is 9.00. The molecule has 0 radical (unpaired) electrons. The molecule has 1 heterocycles. The van der Waals surface area contributed by atoms with Gasteiger partial charge in [-0.15, -0.1) is 0 Å². The van der Waals surface area contributed by atoms with Gasteiger partial charge >= 0.3 is 0 Å². The molecule has 0 amide bonds. The van der Waals surface area contributed by atoms with Crippen molar-refractivity contribution in [2.24, 2.45) is 5.73 Å². The minimum Gasteiger partial charge on any atom is -0.321 e. The van der Waals surface area contributed by atoms with E-state index in [-0.39, 0.29) is 6.04 Å². The summed E-state index contributed by atoms with van der Waals surface area (Å²) < 4.78 is 0. The molecule has 82 valence electrons. The van der Waals surface area contributed by atoms with Crippen LogP contribution in [0.4, 0.5) is 0 Å². The Bertz CT molecular complexity index is 345. The molecule has 2 rings (SSSR count).